The number of hydrogen-bond donors (Lipinski definition) is 1. The van der Waals surface area contributed by atoms with Crippen LogP contribution >= 0.6 is 15.9 Å². The average Bonchev–Trinajstić information content (AvgIpc) is 2.49. The molecule has 0 aromatic carbocycles. The lowest BCUT2D eigenvalue weighted by Gasteiger charge is -1.91. The van der Waals surface area contributed by atoms with Crippen molar-refractivity contribution in [2.24, 2.45) is 5.73 Å². The molecule has 0 aliphatic carbocycles. The van der Waals surface area contributed by atoms with E-state index in [0.717, 1.165) is 15.8 Å². The van der Waals surface area contributed by atoms with Crippen LogP contribution < -0.4 is 5.73 Å². The summed E-state index contributed by atoms with van der Waals surface area (Å²) in [7, 11) is 0. The van der Waals surface area contributed by atoms with Crippen LogP contribution in [0.25, 0.3) is 5.65 Å². The number of nitrogens with zero attached hydrogens (tertiary/aromatic N) is 3. The molecule has 0 aliphatic heterocycles. The van der Waals surface area contributed by atoms with Gasteiger partial charge in [-0.25, -0.2) is 9.97 Å². The van der Waals surface area contributed by atoms with Gasteiger partial charge in [-0.1, -0.05) is 0 Å². The summed E-state index contributed by atoms with van der Waals surface area (Å²) < 4.78 is 2.72. The number of aromatic nitrogens is 3. The predicted octanol–water partition coefficient (Wildman–Crippen LogP) is 0.950. The van der Waals surface area contributed by atoms with Gasteiger partial charge in [0.1, 0.15) is 6.33 Å². The third-order valence-corrected chi connectivity index (χ3v) is 2.14. The first kappa shape index (κ1) is 7.70. The van der Waals surface area contributed by atoms with Crippen molar-refractivity contribution in [1.82, 2.24) is 14.4 Å². The van der Waals surface area contributed by atoms with Crippen LogP contribution in [-0.4, -0.2) is 14.4 Å². The first-order valence-electron chi connectivity index (χ1n) is 3.48. The summed E-state index contributed by atoms with van der Waals surface area (Å²) in [6.45, 7) is 0.452. The number of rotatable bonds is 1. The third-order valence-electron chi connectivity index (χ3n) is 1.58. The smallest absolute Gasteiger partial charge is 0.154 e. The van der Waals surface area contributed by atoms with Gasteiger partial charge in [0.05, 0.1) is 10.2 Å². The zero-order valence-electron chi connectivity index (χ0n) is 6.24. The maximum atomic E-state index is 5.45. The molecule has 62 valence electrons. The molecule has 12 heavy (non-hydrogen) atoms. The Labute approximate surface area is 77.6 Å². The number of imidazole rings is 1. The van der Waals surface area contributed by atoms with Gasteiger partial charge in [-0.05, 0) is 15.9 Å². The van der Waals surface area contributed by atoms with E-state index in [9.17, 15) is 0 Å². The van der Waals surface area contributed by atoms with Crippen molar-refractivity contribution in [2.75, 3.05) is 0 Å². The topological polar surface area (TPSA) is 56.2 Å². The van der Waals surface area contributed by atoms with E-state index in [0.29, 0.717) is 6.54 Å². The van der Waals surface area contributed by atoms with E-state index in [4.69, 9.17) is 5.73 Å². The van der Waals surface area contributed by atoms with Gasteiger partial charge in [-0.3, -0.25) is 4.40 Å². The summed E-state index contributed by atoms with van der Waals surface area (Å²) in [5, 5.41) is 0. The summed E-state index contributed by atoms with van der Waals surface area (Å²) in [6, 6.07) is 0. The first-order chi connectivity index (χ1) is 5.81. The largest absolute Gasteiger partial charge is 0.325 e. The highest BCUT2D eigenvalue weighted by Gasteiger charge is 2.02. The Kier molecular flexibility index (Phi) is 1.82. The van der Waals surface area contributed by atoms with E-state index in [-0.39, 0.29) is 0 Å². The summed E-state index contributed by atoms with van der Waals surface area (Å²) in [5.41, 5.74) is 7.17. The fourth-order valence-corrected chi connectivity index (χ4v) is 1.45. The third kappa shape index (κ3) is 1.11. The molecule has 0 saturated heterocycles. The van der Waals surface area contributed by atoms with Crippen LogP contribution in [0.1, 0.15) is 5.69 Å². The van der Waals surface area contributed by atoms with Gasteiger partial charge >= 0.3 is 0 Å². The zero-order chi connectivity index (χ0) is 8.55. The van der Waals surface area contributed by atoms with Crippen molar-refractivity contribution in [3.05, 3.63) is 28.9 Å². The molecule has 0 radical (unpaired) electrons. The molecule has 0 unspecified atom stereocenters. The van der Waals surface area contributed by atoms with E-state index in [2.05, 4.69) is 25.9 Å². The second kappa shape index (κ2) is 2.84. The first-order valence-corrected chi connectivity index (χ1v) is 4.27. The van der Waals surface area contributed by atoms with Crippen molar-refractivity contribution < 1.29 is 0 Å². The second-order valence-electron chi connectivity index (χ2n) is 2.41. The molecule has 0 saturated carbocycles. The average molecular weight is 227 g/mol. The Bertz CT molecular complexity index is 409. The molecule has 0 aliphatic rings. The summed E-state index contributed by atoms with van der Waals surface area (Å²) >= 11 is 3.35. The van der Waals surface area contributed by atoms with Crippen molar-refractivity contribution in [1.29, 1.82) is 0 Å². The molecule has 0 spiro atoms. The van der Waals surface area contributed by atoms with Crippen molar-refractivity contribution in [3.63, 3.8) is 0 Å². The van der Waals surface area contributed by atoms with Gasteiger partial charge in [-0.2, -0.15) is 0 Å². The van der Waals surface area contributed by atoms with E-state index in [1.165, 1.54) is 0 Å². The number of hydrogen-bond acceptors (Lipinski definition) is 3. The Balaban J connectivity index is 2.74. The SMILES string of the molecule is NCc1cn2cncc(Br)c2n1. The molecular weight excluding hydrogens is 220 g/mol. The molecule has 2 aromatic rings. The van der Waals surface area contributed by atoms with Gasteiger partial charge < -0.3 is 5.73 Å². The number of halogens is 1. The molecule has 2 aromatic heterocycles. The summed E-state index contributed by atoms with van der Waals surface area (Å²) in [4.78, 5) is 8.28. The molecule has 0 amide bonds. The number of fused-ring (bicyclic) bond motifs is 1. The standard InChI is InChI=1S/C7H7BrN4/c8-6-2-10-4-12-3-5(1-9)11-7(6)12/h2-4H,1,9H2. The second-order valence-corrected chi connectivity index (χ2v) is 3.26. The fraction of sp³-hybridized carbons (Fsp3) is 0.143. The molecular formula is C7H7BrN4. The quantitative estimate of drug-likeness (QED) is 0.788. The van der Waals surface area contributed by atoms with E-state index in [1.807, 2.05) is 10.6 Å². The Hall–Kier alpha value is -0.940. The highest BCUT2D eigenvalue weighted by molar-refractivity contribution is 9.10. The van der Waals surface area contributed by atoms with Gasteiger partial charge in [0.15, 0.2) is 5.65 Å². The molecule has 0 atom stereocenters. The highest BCUT2D eigenvalue weighted by Crippen LogP contribution is 2.14. The van der Waals surface area contributed by atoms with Gasteiger partial charge in [0.25, 0.3) is 0 Å². The monoisotopic (exact) mass is 226 g/mol. The highest BCUT2D eigenvalue weighted by atomic mass is 79.9. The Morgan fingerprint density at radius 2 is 2.42 bits per heavy atom. The van der Waals surface area contributed by atoms with E-state index >= 15 is 0 Å². The van der Waals surface area contributed by atoms with Crippen LogP contribution in [0, 0.1) is 0 Å². The van der Waals surface area contributed by atoms with Crippen LogP contribution in [0.3, 0.4) is 0 Å². The van der Waals surface area contributed by atoms with Crippen molar-refractivity contribution in [2.45, 2.75) is 6.54 Å². The van der Waals surface area contributed by atoms with Crippen molar-refractivity contribution >= 4 is 21.6 Å². The van der Waals surface area contributed by atoms with Gasteiger partial charge in [0.2, 0.25) is 0 Å². The zero-order valence-corrected chi connectivity index (χ0v) is 7.82. The Morgan fingerprint density at radius 3 is 3.08 bits per heavy atom. The van der Waals surface area contributed by atoms with Gasteiger partial charge in [-0.15, -0.1) is 0 Å². The minimum atomic E-state index is 0.452. The number of nitrogens with two attached hydrogens (primary N) is 1. The Morgan fingerprint density at radius 1 is 1.58 bits per heavy atom. The lowest BCUT2D eigenvalue weighted by atomic mass is 10.5. The molecule has 0 fully saturated rings. The molecule has 5 heteroatoms. The van der Waals surface area contributed by atoms with Crippen LogP contribution in [-0.2, 0) is 6.54 Å². The van der Waals surface area contributed by atoms with Crippen LogP contribution in [0.4, 0.5) is 0 Å². The summed E-state index contributed by atoms with van der Waals surface area (Å²) in [6.07, 6.45) is 5.28. The summed E-state index contributed by atoms with van der Waals surface area (Å²) in [5.74, 6) is 0. The molecule has 4 nitrogen and oxygen atoms in total. The molecule has 2 rings (SSSR count). The van der Waals surface area contributed by atoms with Crippen LogP contribution in [0.15, 0.2) is 23.2 Å². The fourth-order valence-electron chi connectivity index (χ4n) is 1.04. The van der Waals surface area contributed by atoms with E-state index in [1.54, 1.807) is 12.5 Å². The van der Waals surface area contributed by atoms with Crippen molar-refractivity contribution in [3.8, 4) is 0 Å². The van der Waals surface area contributed by atoms with Crippen LogP contribution in [0.2, 0.25) is 0 Å². The maximum absolute atomic E-state index is 5.45. The molecule has 0 bridgehead atoms. The minimum absolute atomic E-state index is 0.452. The minimum Gasteiger partial charge on any atom is -0.325 e. The lowest BCUT2D eigenvalue weighted by Crippen LogP contribution is -1.95. The lowest BCUT2D eigenvalue weighted by molar-refractivity contribution is 1.01. The molecule has 2 heterocycles. The predicted molar refractivity (Wildman–Crippen MR) is 48.6 cm³/mol. The molecule has 2 N–H and O–H groups in total. The maximum Gasteiger partial charge on any atom is 0.154 e. The normalized spacial score (nSPS) is 10.8. The van der Waals surface area contributed by atoms with Crippen LogP contribution in [0.5, 0.6) is 0 Å². The van der Waals surface area contributed by atoms with E-state index < -0.39 is 0 Å². The van der Waals surface area contributed by atoms with Gasteiger partial charge in [0, 0.05) is 18.9 Å².